The topological polar surface area (TPSA) is 18.5 Å². The molecule has 110 valence electrons. The normalized spacial score (nSPS) is 27.1. The lowest BCUT2D eigenvalue weighted by atomic mass is 9.90. The van der Waals surface area contributed by atoms with Gasteiger partial charge in [-0.25, -0.2) is 0 Å². The van der Waals surface area contributed by atoms with Gasteiger partial charge < -0.3 is 9.47 Å². The molecule has 0 amide bonds. The van der Waals surface area contributed by atoms with E-state index in [1.807, 2.05) is 0 Å². The first kappa shape index (κ1) is 14.7. The smallest absolute Gasteiger partial charge is 0.162 e. The molecule has 0 bridgehead atoms. The fraction of sp³-hybridized carbons (Fsp3) is 0.625. The molecule has 1 fully saturated rings. The second kappa shape index (κ2) is 6.27. The van der Waals surface area contributed by atoms with Crippen LogP contribution in [0.5, 0.6) is 11.5 Å². The Morgan fingerprint density at radius 3 is 2.45 bits per heavy atom. The molecule has 4 heteroatoms. The van der Waals surface area contributed by atoms with Gasteiger partial charge in [0, 0.05) is 15.7 Å². The van der Waals surface area contributed by atoms with Crippen molar-refractivity contribution < 1.29 is 9.47 Å². The molecule has 1 aliphatic heterocycles. The highest BCUT2D eigenvalue weighted by Crippen LogP contribution is 2.48. The summed E-state index contributed by atoms with van der Waals surface area (Å²) < 4.78 is 12.7. The largest absolute Gasteiger partial charge is 0.490 e. The monoisotopic (exact) mass is 402 g/mol. The number of hydrogen-bond donors (Lipinski definition) is 0. The van der Waals surface area contributed by atoms with Crippen molar-refractivity contribution in [2.24, 2.45) is 11.8 Å². The Balaban J connectivity index is 1.91. The van der Waals surface area contributed by atoms with Gasteiger partial charge in [-0.05, 0) is 36.0 Å². The summed E-state index contributed by atoms with van der Waals surface area (Å²) in [4.78, 5) is 0.381. The van der Waals surface area contributed by atoms with Gasteiger partial charge in [0.05, 0.1) is 13.2 Å². The highest BCUT2D eigenvalue weighted by atomic mass is 79.9. The standard InChI is InChI=1S/C16H20Br2O2/c1-10-4-2-5-11(10)16(18)12-8-14-15(9-13(12)17)20-7-3-6-19-14/h8-11,16H,2-7H2,1H3. The molecule has 0 aromatic heterocycles. The average molecular weight is 404 g/mol. The van der Waals surface area contributed by atoms with Crippen molar-refractivity contribution in [3.8, 4) is 11.5 Å². The van der Waals surface area contributed by atoms with Crippen molar-refractivity contribution in [3.63, 3.8) is 0 Å². The van der Waals surface area contributed by atoms with Crippen LogP contribution < -0.4 is 9.47 Å². The van der Waals surface area contributed by atoms with Gasteiger partial charge >= 0.3 is 0 Å². The predicted octanol–water partition coefficient (Wildman–Crippen LogP) is 5.48. The number of rotatable bonds is 2. The van der Waals surface area contributed by atoms with E-state index in [-0.39, 0.29) is 0 Å². The Kier molecular flexibility index (Phi) is 4.61. The summed E-state index contributed by atoms with van der Waals surface area (Å²) in [5.41, 5.74) is 1.29. The zero-order valence-corrected chi connectivity index (χ0v) is 14.9. The van der Waals surface area contributed by atoms with E-state index < -0.39 is 0 Å². The molecule has 1 aromatic rings. The molecule has 1 aliphatic carbocycles. The number of benzene rings is 1. The summed E-state index contributed by atoms with van der Waals surface area (Å²) in [6, 6.07) is 4.21. The van der Waals surface area contributed by atoms with Crippen molar-refractivity contribution >= 4 is 31.9 Å². The Morgan fingerprint density at radius 2 is 1.80 bits per heavy atom. The molecule has 2 aliphatic rings. The van der Waals surface area contributed by atoms with Gasteiger partial charge in [0.25, 0.3) is 0 Å². The predicted molar refractivity (Wildman–Crippen MR) is 87.9 cm³/mol. The van der Waals surface area contributed by atoms with Crippen molar-refractivity contribution in [3.05, 3.63) is 22.2 Å². The van der Waals surface area contributed by atoms with Gasteiger partial charge in [0.2, 0.25) is 0 Å². The number of ether oxygens (including phenoxy) is 2. The molecule has 3 rings (SSSR count). The van der Waals surface area contributed by atoms with Crippen LogP contribution in [0.25, 0.3) is 0 Å². The Morgan fingerprint density at radius 1 is 1.10 bits per heavy atom. The van der Waals surface area contributed by atoms with E-state index in [2.05, 4.69) is 50.9 Å². The van der Waals surface area contributed by atoms with E-state index in [0.717, 1.165) is 41.5 Å². The van der Waals surface area contributed by atoms with Crippen LogP contribution in [0.3, 0.4) is 0 Å². The Bertz CT molecular complexity index is 490. The van der Waals surface area contributed by atoms with Crippen molar-refractivity contribution in [1.82, 2.24) is 0 Å². The first-order chi connectivity index (χ1) is 9.66. The second-order valence-electron chi connectivity index (χ2n) is 5.84. The van der Waals surface area contributed by atoms with Crippen molar-refractivity contribution in [1.29, 1.82) is 0 Å². The third-order valence-electron chi connectivity index (χ3n) is 4.47. The van der Waals surface area contributed by atoms with Crippen LogP contribution in [0.15, 0.2) is 16.6 Å². The first-order valence-electron chi connectivity index (χ1n) is 7.40. The lowest BCUT2D eigenvalue weighted by Crippen LogP contribution is -2.11. The van der Waals surface area contributed by atoms with Gasteiger partial charge in [-0.15, -0.1) is 0 Å². The zero-order valence-electron chi connectivity index (χ0n) is 11.7. The molecule has 1 heterocycles. The maximum absolute atomic E-state index is 5.82. The zero-order chi connectivity index (χ0) is 14.1. The van der Waals surface area contributed by atoms with E-state index in [1.54, 1.807) is 0 Å². The molecule has 0 saturated heterocycles. The minimum Gasteiger partial charge on any atom is -0.490 e. The van der Waals surface area contributed by atoms with Crippen LogP contribution in [0, 0.1) is 11.8 Å². The lowest BCUT2D eigenvalue weighted by molar-refractivity contribution is 0.297. The molecule has 2 nitrogen and oxygen atoms in total. The van der Waals surface area contributed by atoms with Gasteiger partial charge in [-0.1, -0.05) is 51.6 Å². The fourth-order valence-corrected chi connectivity index (χ4v) is 5.29. The Hall–Kier alpha value is -0.220. The maximum atomic E-state index is 5.82. The summed E-state index contributed by atoms with van der Waals surface area (Å²) in [6.45, 7) is 3.83. The third-order valence-corrected chi connectivity index (χ3v) is 6.33. The van der Waals surface area contributed by atoms with E-state index in [0.29, 0.717) is 10.7 Å². The van der Waals surface area contributed by atoms with Crippen LogP contribution in [-0.4, -0.2) is 13.2 Å². The molecular formula is C16H20Br2O2. The van der Waals surface area contributed by atoms with Crippen LogP contribution in [0.1, 0.15) is 43.0 Å². The van der Waals surface area contributed by atoms with Gasteiger partial charge in [0.15, 0.2) is 11.5 Å². The van der Waals surface area contributed by atoms with Gasteiger partial charge in [-0.2, -0.15) is 0 Å². The number of hydrogen-bond acceptors (Lipinski definition) is 2. The minimum absolute atomic E-state index is 0.381. The van der Waals surface area contributed by atoms with Crippen LogP contribution in [0.4, 0.5) is 0 Å². The summed E-state index contributed by atoms with van der Waals surface area (Å²) in [7, 11) is 0. The van der Waals surface area contributed by atoms with Crippen molar-refractivity contribution in [2.45, 2.75) is 37.4 Å². The summed E-state index contributed by atoms with van der Waals surface area (Å²) in [5, 5.41) is 0. The average Bonchev–Trinajstić information content (AvgIpc) is 2.72. The molecule has 3 unspecified atom stereocenters. The molecule has 20 heavy (non-hydrogen) atoms. The van der Waals surface area contributed by atoms with E-state index in [9.17, 15) is 0 Å². The first-order valence-corrected chi connectivity index (χ1v) is 9.11. The summed E-state index contributed by atoms with van der Waals surface area (Å²) in [5.74, 6) is 3.23. The quantitative estimate of drug-likeness (QED) is 0.608. The molecule has 0 spiro atoms. The summed E-state index contributed by atoms with van der Waals surface area (Å²) >= 11 is 7.63. The molecule has 1 aromatic carbocycles. The molecule has 3 atom stereocenters. The van der Waals surface area contributed by atoms with E-state index in [4.69, 9.17) is 9.47 Å². The van der Waals surface area contributed by atoms with Crippen LogP contribution in [-0.2, 0) is 0 Å². The molecule has 0 N–H and O–H groups in total. The van der Waals surface area contributed by atoms with Crippen LogP contribution >= 0.6 is 31.9 Å². The lowest BCUT2D eigenvalue weighted by Gasteiger charge is -2.24. The minimum atomic E-state index is 0.381. The van der Waals surface area contributed by atoms with Gasteiger partial charge in [-0.3, -0.25) is 0 Å². The van der Waals surface area contributed by atoms with E-state index >= 15 is 0 Å². The fourth-order valence-electron chi connectivity index (χ4n) is 3.25. The number of fused-ring (bicyclic) bond motifs is 1. The third kappa shape index (κ3) is 2.87. The highest BCUT2D eigenvalue weighted by molar-refractivity contribution is 9.11. The highest BCUT2D eigenvalue weighted by Gasteiger charge is 2.32. The van der Waals surface area contributed by atoms with Crippen molar-refractivity contribution in [2.75, 3.05) is 13.2 Å². The molecular weight excluding hydrogens is 384 g/mol. The summed E-state index contributed by atoms with van der Waals surface area (Å²) in [6.07, 6.45) is 4.93. The second-order valence-corrected chi connectivity index (χ2v) is 7.69. The maximum Gasteiger partial charge on any atom is 0.162 e. The number of alkyl halides is 1. The molecule has 1 saturated carbocycles. The Labute approximate surface area is 137 Å². The number of halogens is 2. The van der Waals surface area contributed by atoms with Crippen LogP contribution in [0.2, 0.25) is 0 Å². The van der Waals surface area contributed by atoms with Gasteiger partial charge in [0.1, 0.15) is 0 Å². The molecule has 0 radical (unpaired) electrons. The van der Waals surface area contributed by atoms with E-state index in [1.165, 1.54) is 24.8 Å². The SMILES string of the molecule is CC1CCCC1C(Br)c1cc2c(cc1Br)OCCCO2.